The first-order chi connectivity index (χ1) is 11.1. The van der Waals surface area contributed by atoms with E-state index in [1.165, 1.54) is 6.33 Å². The van der Waals surface area contributed by atoms with E-state index >= 15 is 0 Å². The third-order valence-corrected chi connectivity index (χ3v) is 3.75. The van der Waals surface area contributed by atoms with E-state index in [1.807, 2.05) is 0 Å². The molecule has 1 saturated heterocycles. The van der Waals surface area contributed by atoms with Gasteiger partial charge in [-0.1, -0.05) is 0 Å². The maximum atomic E-state index is 11.0. The van der Waals surface area contributed by atoms with Gasteiger partial charge in [-0.15, -0.1) is 0 Å². The van der Waals surface area contributed by atoms with Crippen LogP contribution in [0.3, 0.4) is 0 Å². The number of aliphatic hydroxyl groups excluding tert-OH is 2. The number of fused-ring (bicyclic) bond motifs is 1. The van der Waals surface area contributed by atoms with E-state index in [9.17, 15) is 4.79 Å². The van der Waals surface area contributed by atoms with Crippen LogP contribution >= 0.6 is 0 Å². The molecule has 23 heavy (non-hydrogen) atoms. The van der Waals surface area contributed by atoms with Gasteiger partial charge in [0.2, 0.25) is 0 Å². The van der Waals surface area contributed by atoms with E-state index in [-0.39, 0.29) is 24.8 Å². The van der Waals surface area contributed by atoms with Crippen molar-refractivity contribution in [1.82, 2.24) is 19.5 Å². The molecule has 10 heteroatoms. The highest BCUT2D eigenvalue weighted by atomic mass is 16.5. The fourth-order valence-corrected chi connectivity index (χ4v) is 2.54. The van der Waals surface area contributed by atoms with Crippen molar-refractivity contribution in [3.05, 3.63) is 12.7 Å². The van der Waals surface area contributed by atoms with Crippen LogP contribution in [0.5, 0.6) is 0 Å². The average Bonchev–Trinajstić information content (AvgIpc) is 3.18. The highest BCUT2D eigenvalue weighted by molar-refractivity contribution is 5.86. The van der Waals surface area contributed by atoms with Crippen LogP contribution < -0.4 is 5.32 Å². The Hall–Kier alpha value is -2.30. The van der Waals surface area contributed by atoms with Gasteiger partial charge in [0.25, 0.3) is 0 Å². The Kier molecular flexibility index (Phi) is 4.37. The van der Waals surface area contributed by atoms with Crippen LogP contribution in [-0.4, -0.2) is 66.2 Å². The Morgan fingerprint density at radius 1 is 1.39 bits per heavy atom. The van der Waals surface area contributed by atoms with Crippen molar-refractivity contribution in [1.29, 1.82) is 0 Å². The van der Waals surface area contributed by atoms with E-state index in [1.54, 1.807) is 10.9 Å². The SMILES string of the molecule is O=C(O)C(CO)Nc1ncnc2c1ncn2C1CCC(CO)O1. The van der Waals surface area contributed by atoms with Crippen molar-refractivity contribution in [2.45, 2.75) is 31.2 Å². The number of rotatable bonds is 6. The standard InChI is InChI=1S/C13H17N5O5/c19-3-7-1-2-9(23-7)18-6-16-10-11(14-5-15-12(10)18)17-8(4-20)13(21)22/h5-9,19-20H,1-4H2,(H,21,22)(H,14,15,17). The van der Waals surface area contributed by atoms with Crippen molar-refractivity contribution in [3.63, 3.8) is 0 Å². The molecule has 124 valence electrons. The Bertz CT molecular complexity index is 705. The summed E-state index contributed by atoms with van der Waals surface area (Å²) in [5.41, 5.74) is 0.886. The fraction of sp³-hybridized carbons (Fsp3) is 0.538. The Labute approximate surface area is 130 Å². The zero-order chi connectivity index (χ0) is 16.4. The molecule has 3 heterocycles. The van der Waals surface area contributed by atoms with Crippen LogP contribution in [0, 0.1) is 0 Å². The summed E-state index contributed by atoms with van der Waals surface area (Å²) in [6, 6.07) is -1.18. The molecule has 0 spiro atoms. The molecule has 2 aromatic heterocycles. The van der Waals surface area contributed by atoms with Crippen LogP contribution in [0.2, 0.25) is 0 Å². The maximum Gasteiger partial charge on any atom is 0.328 e. The van der Waals surface area contributed by atoms with Crippen molar-refractivity contribution in [2.24, 2.45) is 0 Å². The minimum atomic E-state index is -1.19. The number of hydrogen-bond acceptors (Lipinski definition) is 8. The molecule has 1 fully saturated rings. The predicted molar refractivity (Wildman–Crippen MR) is 77.7 cm³/mol. The average molecular weight is 323 g/mol. The number of carbonyl (C=O) groups is 1. The molecule has 10 nitrogen and oxygen atoms in total. The number of nitrogens with one attached hydrogen (secondary N) is 1. The molecule has 4 N–H and O–H groups in total. The number of aliphatic hydroxyl groups is 2. The summed E-state index contributed by atoms with van der Waals surface area (Å²) < 4.78 is 7.43. The molecule has 2 aromatic rings. The number of ether oxygens (including phenoxy) is 1. The third kappa shape index (κ3) is 2.96. The van der Waals surface area contributed by atoms with Gasteiger partial charge < -0.3 is 25.4 Å². The van der Waals surface area contributed by atoms with Gasteiger partial charge >= 0.3 is 5.97 Å². The highest BCUT2D eigenvalue weighted by Gasteiger charge is 2.28. The second kappa shape index (κ2) is 6.44. The topological polar surface area (TPSA) is 143 Å². The molecule has 1 aliphatic heterocycles. The zero-order valence-corrected chi connectivity index (χ0v) is 12.2. The summed E-state index contributed by atoms with van der Waals surface area (Å²) in [5.74, 6) is -0.962. The van der Waals surface area contributed by atoms with E-state index in [0.717, 1.165) is 12.8 Å². The molecular formula is C13H17N5O5. The smallest absolute Gasteiger partial charge is 0.328 e. The lowest BCUT2D eigenvalue weighted by molar-refractivity contribution is -0.138. The molecule has 0 aliphatic carbocycles. The maximum absolute atomic E-state index is 11.0. The number of nitrogens with zero attached hydrogens (tertiary/aromatic N) is 4. The second-order valence-corrected chi connectivity index (χ2v) is 5.24. The zero-order valence-electron chi connectivity index (χ0n) is 12.2. The van der Waals surface area contributed by atoms with Gasteiger partial charge in [0, 0.05) is 0 Å². The van der Waals surface area contributed by atoms with Crippen molar-refractivity contribution in [2.75, 3.05) is 18.5 Å². The van der Waals surface area contributed by atoms with E-state index in [0.29, 0.717) is 11.2 Å². The van der Waals surface area contributed by atoms with Crippen molar-refractivity contribution < 1.29 is 24.9 Å². The van der Waals surface area contributed by atoms with Crippen LogP contribution in [0.4, 0.5) is 5.82 Å². The normalized spacial score (nSPS) is 22.3. The largest absolute Gasteiger partial charge is 0.480 e. The van der Waals surface area contributed by atoms with Gasteiger partial charge in [-0.3, -0.25) is 4.57 Å². The van der Waals surface area contributed by atoms with Crippen LogP contribution in [0.1, 0.15) is 19.1 Å². The Balaban J connectivity index is 1.90. The fourth-order valence-electron chi connectivity index (χ4n) is 2.54. The first-order valence-electron chi connectivity index (χ1n) is 7.18. The lowest BCUT2D eigenvalue weighted by Crippen LogP contribution is -2.33. The molecule has 0 radical (unpaired) electrons. The number of aromatic nitrogens is 4. The second-order valence-electron chi connectivity index (χ2n) is 5.24. The molecule has 0 saturated carbocycles. The molecule has 1 aliphatic rings. The van der Waals surface area contributed by atoms with Crippen LogP contribution in [0.15, 0.2) is 12.7 Å². The number of aliphatic carboxylic acids is 1. The summed E-state index contributed by atoms with van der Waals surface area (Å²) in [5, 5.41) is 29.9. The van der Waals surface area contributed by atoms with Gasteiger partial charge in [0.05, 0.1) is 25.6 Å². The van der Waals surface area contributed by atoms with E-state index in [4.69, 9.17) is 20.1 Å². The Morgan fingerprint density at radius 2 is 2.22 bits per heavy atom. The summed E-state index contributed by atoms with van der Waals surface area (Å²) in [4.78, 5) is 23.4. The first-order valence-corrected chi connectivity index (χ1v) is 7.18. The predicted octanol–water partition coefficient (Wildman–Crippen LogP) is -0.646. The highest BCUT2D eigenvalue weighted by Crippen LogP contribution is 2.31. The summed E-state index contributed by atoms with van der Waals surface area (Å²) in [7, 11) is 0. The van der Waals surface area contributed by atoms with Crippen LogP contribution in [0.25, 0.3) is 11.2 Å². The van der Waals surface area contributed by atoms with Crippen LogP contribution in [-0.2, 0) is 9.53 Å². The minimum Gasteiger partial charge on any atom is -0.480 e. The first kappa shape index (κ1) is 15.6. The third-order valence-electron chi connectivity index (χ3n) is 3.75. The lowest BCUT2D eigenvalue weighted by atomic mass is 10.2. The van der Waals surface area contributed by atoms with Gasteiger partial charge in [0.15, 0.2) is 17.0 Å². The van der Waals surface area contributed by atoms with E-state index in [2.05, 4.69) is 20.3 Å². The number of anilines is 1. The molecule has 3 unspecified atom stereocenters. The quantitative estimate of drug-likeness (QED) is 0.545. The van der Waals surface area contributed by atoms with Crippen molar-refractivity contribution in [3.8, 4) is 0 Å². The molecule has 3 atom stereocenters. The molecule has 0 aromatic carbocycles. The van der Waals surface area contributed by atoms with E-state index < -0.39 is 18.6 Å². The minimum absolute atomic E-state index is 0.0400. The van der Waals surface area contributed by atoms with Gasteiger partial charge in [-0.05, 0) is 12.8 Å². The molecule has 3 rings (SSSR count). The van der Waals surface area contributed by atoms with Crippen molar-refractivity contribution >= 4 is 23.0 Å². The molecular weight excluding hydrogens is 306 g/mol. The van der Waals surface area contributed by atoms with Gasteiger partial charge in [0.1, 0.15) is 18.6 Å². The summed E-state index contributed by atoms with van der Waals surface area (Å²) in [6.45, 7) is -0.618. The lowest BCUT2D eigenvalue weighted by Gasteiger charge is -2.14. The summed E-state index contributed by atoms with van der Waals surface area (Å²) in [6.07, 6.45) is 3.80. The monoisotopic (exact) mass is 323 g/mol. The number of carboxylic acids is 1. The van der Waals surface area contributed by atoms with Gasteiger partial charge in [-0.2, -0.15) is 0 Å². The van der Waals surface area contributed by atoms with Gasteiger partial charge in [-0.25, -0.2) is 19.7 Å². The number of hydrogen-bond donors (Lipinski definition) is 4. The number of imidazole rings is 1. The Morgan fingerprint density at radius 3 is 2.87 bits per heavy atom. The molecule has 0 amide bonds. The molecule has 0 bridgehead atoms. The summed E-state index contributed by atoms with van der Waals surface area (Å²) >= 11 is 0. The number of carboxylic acid groups (broad SMARTS) is 1.